The normalized spacial score (nSPS) is 20.1. The van der Waals surface area contributed by atoms with Gasteiger partial charge in [0, 0.05) is 35.4 Å². The van der Waals surface area contributed by atoms with E-state index in [0.717, 1.165) is 30.8 Å². The lowest BCUT2D eigenvalue weighted by Crippen LogP contribution is -2.24. The molecule has 0 saturated carbocycles. The molecule has 1 aliphatic heterocycles. The van der Waals surface area contributed by atoms with E-state index in [4.69, 9.17) is 0 Å². The largest absolute Gasteiger partial charge is 0.303 e. The number of Topliss-reactive ketones (excluding diaryl/α,β-unsaturated/α-hetero) is 2. The third-order valence-corrected chi connectivity index (χ3v) is 4.13. The van der Waals surface area contributed by atoms with E-state index >= 15 is 0 Å². The molecule has 0 bridgehead atoms. The van der Waals surface area contributed by atoms with Gasteiger partial charge in [0.05, 0.1) is 0 Å². The van der Waals surface area contributed by atoms with Gasteiger partial charge in [-0.15, -0.1) is 0 Å². The molecule has 2 aliphatic rings. The van der Waals surface area contributed by atoms with E-state index in [9.17, 15) is 9.59 Å². The third-order valence-electron chi connectivity index (χ3n) is 4.13. The number of hydrogen-bond acceptors (Lipinski definition) is 3. The number of fused-ring (bicyclic) bond motifs is 1. The lowest BCUT2D eigenvalue weighted by molar-refractivity contribution is 0.0970. The van der Waals surface area contributed by atoms with E-state index < -0.39 is 0 Å². The van der Waals surface area contributed by atoms with Gasteiger partial charge in [0.15, 0.2) is 11.6 Å². The van der Waals surface area contributed by atoms with Crippen molar-refractivity contribution >= 4 is 11.6 Å². The highest BCUT2D eigenvalue weighted by Gasteiger charge is 2.32. The van der Waals surface area contributed by atoms with Crippen LogP contribution in [-0.2, 0) is 0 Å². The summed E-state index contributed by atoms with van der Waals surface area (Å²) in [4.78, 5) is 27.3. The summed E-state index contributed by atoms with van der Waals surface area (Å²) in [7, 11) is 0. The van der Waals surface area contributed by atoms with Crippen molar-refractivity contribution in [2.45, 2.75) is 19.8 Å². The maximum Gasteiger partial charge on any atom is 0.190 e. The number of rotatable bonds is 1. The summed E-state index contributed by atoms with van der Waals surface area (Å²) in [5, 5.41) is 0. The maximum absolute atomic E-state index is 12.5. The first-order valence-corrected chi connectivity index (χ1v) is 6.85. The zero-order valence-corrected chi connectivity index (χ0v) is 11.1. The number of ketones is 2. The van der Waals surface area contributed by atoms with Crippen molar-refractivity contribution in [3.8, 4) is 0 Å². The van der Waals surface area contributed by atoms with Crippen LogP contribution in [0.1, 0.15) is 40.5 Å². The number of nitrogens with zero attached hydrogens (tertiary/aromatic N) is 1. The molecule has 1 aromatic carbocycles. The van der Waals surface area contributed by atoms with Crippen molar-refractivity contribution in [1.82, 2.24) is 4.90 Å². The highest BCUT2D eigenvalue weighted by atomic mass is 16.1. The second-order valence-electron chi connectivity index (χ2n) is 5.10. The first-order chi connectivity index (χ1) is 9.22. The first-order valence-electron chi connectivity index (χ1n) is 6.85. The Balaban J connectivity index is 2.04. The van der Waals surface area contributed by atoms with Crippen molar-refractivity contribution in [3.63, 3.8) is 0 Å². The first kappa shape index (κ1) is 12.3. The molecule has 98 valence electrons. The standard InChI is InChI=1S/C16H17NO2/c1-2-17-9-7-13-14(8-10-17)16(19)12-6-4-3-5-11(12)15(13)18/h3-6H,2,7-10H2,1H3. The molecule has 0 radical (unpaired) electrons. The molecule has 19 heavy (non-hydrogen) atoms. The summed E-state index contributed by atoms with van der Waals surface area (Å²) >= 11 is 0. The van der Waals surface area contributed by atoms with Crippen LogP contribution in [0.5, 0.6) is 0 Å². The topological polar surface area (TPSA) is 37.4 Å². The van der Waals surface area contributed by atoms with Crippen LogP contribution in [0.4, 0.5) is 0 Å². The Hall–Kier alpha value is -1.74. The number of hydrogen-bond donors (Lipinski definition) is 0. The molecule has 3 rings (SSSR count). The smallest absolute Gasteiger partial charge is 0.190 e. The van der Waals surface area contributed by atoms with Gasteiger partial charge in [0.2, 0.25) is 0 Å². The van der Waals surface area contributed by atoms with Crippen LogP contribution in [0.2, 0.25) is 0 Å². The second-order valence-corrected chi connectivity index (χ2v) is 5.10. The van der Waals surface area contributed by atoms with Crippen LogP contribution in [0.3, 0.4) is 0 Å². The predicted octanol–water partition coefficient (Wildman–Crippen LogP) is 2.48. The average Bonchev–Trinajstić information content (AvgIpc) is 2.67. The van der Waals surface area contributed by atoms with E-state index in [0.29, 0.717) is 24.0 Å². The minimum Gasteiger partial charge on any atom is -0.303 e. The van der Waals surface area contributed by atoms with Crippen molar-refractivity contribution in [2.24, 2.45) is 0 Å². The van der Waals surface area contributed by atoms with Crippen LogP contribution >= 0.6 is 0 Å². The molecule has 0 aromatic heterocycles. The molecule has 3 heteroatoms. The minimum atomic E-state index is 0.0585. The van der Waals surface area contributed by atoms with E-state index in [1.165, 1.54) is 0 Å². The molecule has 0 amide bonds. The fourth-order valence-corrected chi connectivity index (χ4v) is 2.98. The monoisotopic (exact) mass is 255 g/mol. The van der Waals surface area contributed by atoms with E-state index in [1.807, 2.05) is 12.1 Å². The van der Waals surface area contributed by atoms with Gasteiger partial charge in [0.1, 0.15) is 0 Å². The van der Waals surface area contributed by atoms with Crippen molar-refractivity contribution in [2.75, 3.05) is 19.6 Å². The van der Waals surface area contributed by atoms with Crippen LogP contribution < -0.4 is 0 Å². The molecule has 1 heterocycles. The zero-order chi connectivity index (χ0) is 13.4. The molecule has 0 unspecified atom stereocenters. The predicted molar refractivity (Wildman–Crippen MR) is 73.5 cm³/mol. The maximum atomic E-state index is 12.5. The van der Waals surface area contributed by atoms with Crippen LogP contribution in [0.15, 0.2) is 35.4 Å². The average molecular weight is 255 g/mol. The Morgan fingerprint density at radius 3 is 1.84 bits per heavy atom. The van der Waals surface area contributed by atoms with E-state index in [1.54, 1.807) is 12.1 Å². The summed E-state index contributed by atoms with van der Waals surface area (Å²) in [6, 6.07) is 7.18. The Labute approximate surface area is 112 Å². The van der Waals surface area contributed by atoms with Crippen LogP contribution in [0.25, 0.3) is 0 Å². The van der Waals surface area contributed by atoms with Crippen molar-refractivity contribution in [3.05, 3.63) is 46.5 Å². The van der Waals surface area contributed by atoms with Crippen LogP contribution in [-0.4, -0.2) is 36.1 Å². The highest BCUT2D eigenvalue weighted by molar-refractivity contribution is 6.26. The summed E-state index contributed by atoms with van der Waals surface area (Å²) in [5.74, 6) is 0.117. The van der Waals surface area contributed by atoms with Gasteiger partial charge >= 0.3 is 0 Å². The summed E-state index contributed by atoms with van der Waals surface area (Å²) < 4.78 is 0. The zero-order valence-electron chi connectivity index (χ0n) is 11.1. The highest BCUT2D eigenvalue weighted by Crippen LogP contribution is 2.31. The molecule has 0 atom stereocenters. The Bertz CT molecular complexity index is 537. The molecule has 1 aromatic rings. The lowest BCUT2D eigenvalue weighted by Gasteiger charge is -2.18. The summed E-state index contributed by atoms with van der Waals surface area (Å²) in [6.45, 7) is 4.83. The molecule has 0 N–H and O–H groups in total. The molecular weight excluding hydrogens is 238 g/mol. The Morgan fingerprint density at radius 2 is 1.42 bits per heavy atom. The van der Waals surface area contributed by atoms with Gasteiger partial charge in [-0.3, -0.25) is 9.59 Å². The molecule has 0 spiro atoms. The van der Waals surface area contributed by atoms with Gasteiger partial charge in [0.25, 0.3) is 0 Å². The molecule has 1 aliphatic carbocycles. The minimum absolute atomic E-state index is 0.0585. The van der Waals surface area contributed by atoms with E-state index in [2.05, 4.69) is 11.8 Å². The fourth-order valence-electron chi connectivity index (χ4n) is 2.98. The lowest BCUT2D eigenvalue weighted by atomic mass is 9.82. The van der Waals surface area contributed by atoms with Crippen LogP contribution in [0, 0.1) is 0 Å². The fraction of sp³-hybridized carbons (Fsp3) is 0.375. The van der Waals surface area contributed by atoms with Gasteiger partial charge < -0.3 is 4.90 Å². The van der Waals surface area contributed by atoms with Crippen molar-refractivity contribution < 1.29 is 9.59 Å². The van der Waals surface area contributed by atoms with E-state index in [-0.39, 0.29) is 11.6 Å². The SMILES string of the molecule is CCN1CCC2=C(CC1)C(=O)c1ccccc1C2=O. The molecule has 0 saturated heterocycles. The third kappa shape index (κ3) is 1.94. The molecular formula is C16H17NO2. The summed E-state index contributed by atoms with van der Waals surface area (Å²) in [6.07, 6.45) is 1.39. The van der Waals surface area contributed by atoms with Gasteiger partial charge in [-0.2, -0.15) is 0 Å². The number of benzene rings is 1. The molecule has 0 fully saturated rings. The summed E-state index contributed by atoms with van der Waals surface area (Å²) in [5.41, 5.74) is 2.66. The van der Waals surface area contributed by atoms with Gasteiger partial charge in [-0.05, 0) is 19.4 Å². The Morgan fingerprint density at radius 1 is 0.947 bits per heavy atom. The van der Waals surface area contributed by atoms with Gasteiger partial charge in [-0.25, -0.2) is 0 Å². The quantitative estimate of drug-likeness (QED) is 0.773. The number of carbonyl (C=O) groups is 2. The number of carbonyl (C=O) groups excluding carboxylic acids is 2. The second kappa shape index (κ2) is 4.74. The van der Waals surface area contributed by atoms with Crippen molar-refractivity contribution in [1.29, 1.82) is 0 Å². The van der Waals surface area contributed by atoms with Gasteiger partial charge in [-0.1, -0.05) is 31.2 Å². The molecule has 3 nitrogen and oxygen atoms in total. The Kier molecular flexibility index (Phi) is 3.07.